The zero-order valence-electron chi connectivity index (χ0n) is 10.3. The summed E-state index contributed by atoms with van der Waals surface area (Å²) in [7, 11) is 0. The Morgan fingerprint density at radius 2 is 2.00 bits per heavy atom. The van der Waals surface area contributed by atoms with Gasteiger partial charge < -0.3 is 0 Å². The van der Waals surface area contributed by atoms with Gasteiger partial charge in [-0.3, -0.25) is 0 Å². The number of allylic oxidation sites excluding steroid dienone is 5. The number of hydrogen-bond donors (Lipinski definition) is 0. The van der Waals surface area contributed by atoms with Crippen molar-refractivity contribution in [2.75, 3.05) is 0 Å². The summed E-state index contributed by atoms with van der Waals surface area (Å²) in [5.41, 5.74) is 6.31. The van der Waals surface area contributed by atoms with Gasteiger partial charge in [0, 0.05) is 5.92 Å². The maximum absolute atomic E-state index is 2.40. The highest BCUT2D eigenvalue weighted by Gasteiger charge is 2.47. The van der Waals surface area contributed by atoms with E-state index >= 15 is 0 Å². The highest BCUT2D eigenvalue weighted by atomic mass is 14.5. The molecule has 0 heterocycles. The lowest BCUT2D eigenvalue weighted by molar-refractivity contribution is 0.389. The second kappa shape index (κ2) is 2.81. The highest BCUT2D eigenvalue weighted by Crippen LogP contribution is 2.57. The number of rotatable bonds is 0. The maximum Gasteiger partial charge on any atom is 0.0169 e. The second-order valence-corrected chi connectivity index (χ2v) is 5.92. The van der Waals surface area contributed by atoms with Crippen LogP contribution in [0.1, 0.15) is 36.5 Å². The van der Waals surface area contributed by atoms with Gasteiger partial charge >= 0.3 is 0 Å². The molecule has 2 atom stereocenters. The van der Waals surface area contributed by atoms with Crippen LogP contribution in [0, 0.1) is 5.92 Å². The van der Waals surface area contributed by atoms with E-state index in [1.807, 2.05) is 0 Å². The van der Waals surface area contributed by atoms with Gasteiger partial charge in [-0.1, -0.05) is 62.4 Å². The lowest BCUT2D eigenvalue weighted by atomic mass is 9.71. The SMILES string of the molecule is CC1(C)c2cccc3c2C2C(=CC=CC21)C=C3. The van der Waals surface area contributed by atoms with Crippen molar-refractivity contribution in [1.29, 1.82) is 0 Å². The molecule has 0 N–H and O–H groups in total. The number of hydrogen-bond acceptors (Lipinski definition) is 0. The van der Waals surface area contributed by atoms with E-state index in [0.29, 0.717) is 11.8 Å². The summed E-state index contributed by atoms with van der Waals surface area (Å²) in [6.45, 7) is 4.78. The van der Waals surface area contributed by atoms with Gasteiger partial charge in [0.05, 0.1) is 0 Å². The van der Waals surface area contributed by atoms with Crippen LogP contribution in [-0.4, -0.2) is 0 Å². The predicted molar refractivity (Wildman–Crippen MR) is 72.0 cm³/mol. The van der Waals surface area contributed by atoms with E-state index < -0.39 is 0 Å². The van der Waals surface area contributed by atoms with Crippen molar-refractivity contribution in [3.8, 4) is 0 Å². The lowest BCUT2D eigenvalue weighted by Gasteiger charge is -2.32. The molecule has 4 rings (SSSR count). The van der Waals surface area contributed by atoms with Crippen LogP contribution in [0.4, 0.5) is 0 Å². The molecule has 0 aliphatic heterocycles. The second-order valence-electron chi connectivity index (χ2n) is 5.92. The largest absolute Gasteiger partial charge is 0.0796 e. The molecule has 0 heteroatoms. The molecule has 0 saturated carbocycles. The minimum atomic E-state index is 0.262. The molecule has 0 radical (unpaired) electrons. The van der Waals surface area contributed by atoms with Crippen LogP contribution in [0.3, 0.4) is 0 Å². The first kappa shape index (κ1) is 9.47. The Kier molecular flexibility index (Phi) is 1.57. The van der Waals surface area contributed by atoms with E-state index in [1.165, 1.54) is 11.1 Å². The third-order valence-electron chi connectivity index (χ3n) is 4.76. The Morgan fingerprint density at radius 3 is 2.88 bits per heavy atom. The summed E-state index contributed by atoms with van der Waals surface area (Å²) < 4.78 is 0. The molecule has 84 valence electrons. The average Bonchev–Trinajstić information content (AvgIpc) is 2.59. The van der Waals surface area contributed by atoms with Crippen molar-refractivity contribution in [3.05, 3.63) is 64.8 Å². The Balaban J connectivity index is 2.12. The van der Waals surface area contributed by atoms with E-state index in [2.05, 4.69) is 62.4 Å². The molecule has 0 amide bonds. The fraction of sp³-hybridized carbons (Fsp3) is 0.294. The van der Waals surface area contributed by atoms with Crippen LogP contribution in [0.25, 0.3) is 6.08 Å². The molecule has 1 aromatic carbocycles. The molecule has 0 nitrogen and oxygen atoms in total. The standard InChI is InChI=1S/C17H16/c1-17(2)13-7-3-5-11-9-10-12-6-4-8-14(17)16(12)15(11)13/h3-10,13,15H,1-2H3. The Morgan fingerprint density at radius 1 is 1.12 bits per heavy atom. The van der Waals surface area contributed by atoms with E-state index in [4.69, 9.17) is 0 Å². The Hall–Kier alpha value is -1.56. The quantitative estimate of drug-likeness (QED) is 0.614. The van der Waals surface area contributed by atoms with Crippen LogP contribution in [0.2, 0.25) is 0 Å². The number of benzene rings is 1. The third-order valence-corrected chi connectivity index (χ3v) is 4.76. The Labute approximate surface area is 102 Å². The normalized spacial score (nSPS) is 30.1. The van der Waals surface area contributed by atoms with Crippen molar-refractivity contribution < 1.29 is 0 Å². The van der Waals surface area contributed by atoms with Crippen molar-refractivity contribution in [2.24, 2.45) is 5.92 Å². The summed E-state index contributed by atoms with van der Waals surface area (Å²) in [6.07, 6.45) is 11.5. The monoisotopic (exact) mass is 220 g/mol. The van der Waals surface area contributed by atoms with Crippen molar-refractivity contribution in [2.45, 2.75) is 25.2 Å². The first-order chi connectivity index (χ1) is 8.19. The van der Waals surface area contributed by atoms with Crippen LogP contribution in [-0.2, 0) is 5.41 Å². The average molecular weight is 220 g/mol. The molecule has 0 bridgehead atoms. The molecule has 17 heavy (non-hydrogen) atoms. The maximum atomic E-state index is 2.40. The summed E-state index contributed by atoms with van der Waals surface area (Å²) >= 11 is 0. The molecule has 3 aliphatic carbocycles. The van der Waals surface area contributed by atoms with Gasteiger partial charge in [0.25, 0.3) is 0 Å². The topological polar surface area (TPSA) is 0 Å². The zero-order chi connectivity index (χ0) is 11.6. The molecule has 1 aromatic rings. The summed E-state index contributed by atoms with van der Waals surface area (Å²) in [5.74, 6) is 1.23. The fourth-order valence-corrected chi connectivity index (χ4v) is 3.87. The zero-order valence-corrected chi connectivity index (χ0v) is 10.3. The molecule has 2 unspecified atom stereocenters. The van der Waals surface area contributed by atoms with E-state index in [-0.39, 0.29) is 5.41 Å². The van der Waals surface area contributed by atoms with Gasteiger partial charge in [0.1, 0.15) is 0 Å². The van der Waals surface area contributed by atoms with Gasteiger partial charge in [-0.2, -0.15) is 0 Å². The van der Waals surface area contributed by atoms with E-state index in [9.17, 15) is 0 Å². The van der Waals surface area contributed by atoms with Crippen molar-refractivity contribution in [3.63, 3.8) is 0 Å². The van der Waals surface area contributed by atoms with Crippen molar-refractivity contribution >= 4 is 6.08 Å². The molecular formula is C17H16. The summed E-state index contributed by atoms with van der Waals surface area (Å²) in [5, 5.41) is 0. The predicted octanol–water partition coefficient (Wildman–Crippen LogP) is 4.20. The lowest BCUT2D eigenvalue weighted by Crippen LogP contribution is -2.26. The summed E-state index contributed by atoms with van der Waals surface area (Å²) in [6, 6.07) is 6.78. The van der Waals surface area contributed by atoms with E-state index in [1.54, 1.807) is 11.1 Å². The third kappa shape index (κ3) is 0.993. The highest BCUT2D eigenvalue weighted by molar-refractivity contribution is 5.71. The first-order valence-corrected chi connectivity index (χ1v) is 6.39. The minimum Gasteiger partial charge on any atom is -0.0796 e. The van der Waals surface area contributed by atoms with Gasteiger partial charge in [0.2, 0.25) is 0 Å². The van der Waals surface area contributed by atoms with Crippen LogP contribution in [0.5, 0.6) is 0 Å². The van der Waals surface area contributed by atoms with E-state index in [0.717, 1.165) is 0 Å². The summed E-state index contributed by atoms with van der Waals surface area (Å²) in [4.78, 5) is 0. The molecule has 0 aromatic heterocycles. The van der Waals surface area contributed by atoms with Gasteiger partial charge in [-0.15, -0.1) is 0 Å². The minimum absolute atomic E-state index is 0.262. The van der Waals surface area contributed by atoms with Crippen molar-refractivity contribution in [1.82, 2.24) is 0 Å². The first-order valence-electron chi connectivity index (χ1n) is 6.39. The van der Waals surface area contributed by atoms with Gasteiger partial charge in [0.15, 0.2) is 0 Å². The molecule has 3 aliphatic rings. The molecule has 0 fully saturated rings. The van der Waals surface area contributed by atoms with Crippen LogP contribution in [0.15, 0.2) is 48.1 Å². The van der Waals surface area contributed by atoms with Gasteiger partial charge in [-0.05, 0) is 33.6 Å². The van der Waals surface area contributed by atoms with Crippen LogP contribution < -0.4 is 0 Å². The fourth-order valence-electron chi connectivity index (χ4n) is 3.87. The Bertz CT molecular complexity index is 596. The molecule has 0 spiro atoms. The van der Waals surface area contributed by atoms with Gasteiger partial charge in [-0.25, -0.2) is 0 Å². The molecule has 0 saturated heterocycles. The smallest absolute Gasteiger partial charge is 0.0169 e. The molecular weight excluding hydrogens is 204 g/mol. The van der Waals surface area contributed by atoms with Crippen LogP contribution >= 0.6 is 0 Å².